The van der Waals surface area contributed by atoms with E-state index in [0.717, 1.165) is 18.5 Å². The molecule has 1 heterocycles. The molecular formula is C16H20ClFN2O3. The van der Waals surface area contributed by atoms with Crippen molar-refractivity contribution >= 4 is 23.5 Å². The summed E-state index contributed by atoms with van der Waals surface area (Å²) >= 11 is 5.73. The summed E-state index contributed by atoms with van der Waals surface area (Å²) in [6.07, 6.45) is 0.672. The van der Waals surface area contributed by atoms with E-state index in [0.29, 0.717) is 6.54 Å². The predicted molar refractivity (Wildman–Crippen MR) is 84.8 cm³/mol. The average Bonchev–Trinajstić information content (AvgIpc) is 2.87. The van der Waals surface area contributed by atoms with Crippen molar-refractivity contribution in [3.63, 3.8) is 0 Å². The van der Waals surface area contributed by atoms with Crippen LogP contribution in [0.1, 0.15) is 30.9 Å². The Hall–Kier alpha value is -1.66. The molecule has 23 heavy (non-hydrogen) atoms. The first kappa shape index (κ1) is 17.7. The van der Waals surface area contributed by atoms with E-state index < -0.39 is 11.8 Å². The fourth-order valence-corrected chi connectivity index (χ4v) is 3.13. The Labute approximate surface area is 139 Å². The standard InChI is InChI=1S/C16H20ClFN2O3/c1-20-7-6-11(9-19-14(21)4-5-15(22)23)16(20)10-2-3-12(17)13(18)8-10/h2-3,8,11,16H,4-7,9H2,1H3,(H,19,21)(H,22,23). The van der Waals surface area contributed by atoms with Gasteiger partial charge in [-0.2, -0.15) is 0 Å². The van der Waals surface area contributed by atoms with Crippen LogP contribution in [-0.4, -0.2) is 42.0 Å². The number of rotatable bonds is 6. The fourth-order valence-electron chi connectivity index (χ4n) is 3.02. The Balaban J connectivity index is 1.99. The Morgan fingerprint density at radius 3 is 2.83 bits per heavy atom. The number of nitrogens with zero attached hydrogens (tertiary/aromatic N) is 1. The van der Waals surface area contributed by atoms with Gasteiger partial charge >= 0.3 is 5.97 Å². The molecular weight excluding hydrogens is 323 g/mol. The smallest absolute Gasteiger partial charge is 0.303 e. The first-order chi connectivity index (χ1) is 10.9. The quantitative estimate of drug-likeness (QED) is 0.833. The predicted octanol–water partition coefficient (Wildman–Crippen LogP) is 2.45. The van der Waals surface area contributed by atoms with E-state index in [4.69, 9.17) is 16.7 Å². The molecule has 0 saturated carbocycles. The number of hydrogen-bond acceptors (Lipinski definition) is 3. The van der Waals surface area contributed by atoms with Gasteiger partial charge in [0, 0.05) is 19.0 Å². The van der Waals surface area contributed by atoms with Gasteiger partial charge < -0.3 is 10.4 Å². The van der Waals surface area contributed by atoms with Crippen molar-refractivity contribution in [2.45, 2.75) is 25.3 Å². The van der Waals surface area contributed by atoms with E-state index >= 15 is 0 Å². The molecule has 2 unspecified atom stereocenters. The molecule has 1 saturated heterocycles. The summed E-state index contributed by atoms with van der Waals surface area (Å²) < 4.78 is 13.7. The van der Waals surface area contributed by atoms with Crippen LogP contribution in [0.3, 0.4) is 0 Å². The molecule has 2 N–H and O–H groups in total. The van der Waals surface area contributed by atoms with Gasteiger partial charge in [-0.3, -0.25) is 14.5 Å². The molecule has 5 nitrogen and oxygen atoms in total. The number of carbonyl (C=O) groups excluding carboxylic acids is 1. The van der Waals surface area contributed by atoms with E-state index in [1.54, 1.807) is 12.1 Å². The molecule has 2 atom stereocenters. The van der Waals surface area contributed by atoms with Gasteiger partial charge in [-0.15, -0.1) is 0 Å². The number of carboxylic acid groups (broad SMARTS) is 1. The largest absolute Gasteiger partial charge is 0.481 e. The lowest BCUT2D eigenvalue weighted by molar-refractivity contribution is -0.138. The number of amides is 1. The van der Waals surface area contributed by atoms with Crippen LogP contribution in [0.4, 0.5) is 4.39 Å². The van der Waals surface area contributed by atoms with Gasteiger partial charge in [0.2, 0.25) is 5.91 Å². The minimum absolute atomic E-state index is 0.00143. The number of carbonyl (C=O) groups is 2. The molecule has 2 rings (SSSR count). The zero-order valence-electron chi connectivity index (χ0n) is 12.9. The molecule has 0 radical (unpaired) electrons. The van der Waals surface area contributed by atoms with Crippen LogP contribution in [-0.2, 0) is 9.59 Å². The summed E-state index contributed by atoms with van der Waals surface area (Å²) in [5.74, 6) is -1.57. The fraction of sp³-hybridized carbons (Fsp3) is 0.500. The topological polar surface area (TPSA) is 69.6 Å². The van der Waals surface area contributed by atoms with Crippen molar-refractivity contribution < 1.29 is 19.1 Å². The van der Waals surface area contributed by atoms with E-state index in [9.17, 15) is 14.0 Å². The molecule has 1 aromatic carbocycles. The zero-order valence-corrected chi connectivity index (χ0v) is 13.6. The Morgan fingerprint density at radius 2 is 2.17 bits per heavy atom. The summed E-state index contributed by atoms with van der Waals surface area (Å²) in [6.45, 7) is 1.29. The molecule has 7 heteroatoms. The maximum Gasteiger partial charge on any atom is 0.303 e. The normalized spacial score (nSPS) is 21.3. The van der Waals surface area contributed by atoms with Crippen molar-refractivity contribution in [2.75, 3.05) is 20.1 Å². The first-order valence-corrected chi connectivity index (χ1v) is 7.90. The van der Waals surface area contributed by atoms with Gasteiger partial charge in [-0.05, 0) is 43.6 Å². The maximum atomic E-state index is 13.7. The maximum absolute atomic E-state index is 13.7. The number of halogens is 2. The second kappa shape index (κ2) is 7.75. The molecule has 1 aromatic rings. The van der Waals surface area contributed by atoms with E-state index in [2.05, 4.69) is 10.2 Å². The van der Waals surface area contributed by atoms with Crippen LogP contribution in [0.25, 0.3) is 0 Å². The summed E-state index contributed by atoms with van der Waals surface area (Å²) in [4.78, 5) is 24.3. The van der Waals surface area contributed by atoms with Crippen LogP contribution in [0, 0.1) is 11.7 Å². The SMILES string of the molecule is CN1CCC(CNC(=O)CCC(=O)O)C1c1ccc(Cl)c(F)c1. The Morgan fingerprint density at radius 1 is 1.43 bits per heavy atom. The Kier molecular flexibility index (Phi) is 5.96. The van der Waals surface area contributed by atoms with Gasteiger partial charge in [-0.1, -0.05) is 17.7 Å². The van der Waals surface area contributed by atoms with E-state index in [1.165, 1.54) is 6.07 Å². The molecule has 1 amide bonds. The molecule has 1 fully saturated rings. The monoisotopic (exact) mass is 342 g/mol. The zero-order chi connectivity index (χ0) is 17.0. The summed E-state index contributed by atoms with van der Waals surface area (Å²) in [5.41, 5.74) is 0.830. The molecule has 1 aliphatic heterocycles. The highest BCUT2D eigenvalue weighted by Crippen LogP contribution is 2.36. The number of hydrogen-bond donors (Lipinski definition) is 2. The lowest BCUT2D eigenvalue weighted by atomic mass is 9.93. The summed E-state index contributed by atoms with van der Waals surface area (Å²) in [6, 6.07) is 4.79. The highest BCUT2D eigenvalue weighted by atomic mass is 35.5. The minimum atomic E-state index is -0.990. The molecule has 0 aliphatic carbocycles. The van der Waals surface area contributed by atoms with Gasteiger partial charge in [0.25, 0.3) is 0 Å². The molecule has 0 aromatic heterocycles. The number of likely N-dealkylation sites (tertiary alicyclic amines) is 1. The molecule has 0 bridgehead atoms. The highest BCUT2D eigenvalue weighted by molar-refractivity contribution is 6.30. The van der Waals surface area contributed by atoms with Crippen LogP contribution in [0.5, 0.6) is 0 Å². The molecule has 1 aliphatic rings. The van der Waals surface area contributed by atoms with Gasteiger partial charge in [0.1, 0.15) is 5.82 Å². The van der Waals surface area contributed by atoms with Crippen LogP contribution >= 0.6 is 11.6 Å². The van der Waals surface area contributed by atoms with Crippen molar-refractivity contribution in [3.8, 4) is 0 Å². The van der Waals surface area contributed by atoms with Crippen molar-refractivity contribution in [1.82, 2.24) is 10.2 Å². The third-order valence-corrected chi connectivity index (χ3v) is 4.49. The van der Waals surface area contributed by atoms with Gasteiger partial charge in [-0.25, -0.2) is 4.39 Å². The lowest BCUT2D eigenvalue weighted by Gasteiger charge is -2.26. The van der Waals surface area contributed by atoms with Crippen molar-refractivity contribution in [2.24, 2.45) is 5.92 Å². The molecule has 126 valence electrons. The second-order valence-corrected chi connectivity index (χ2v) is 6.25. The van der Waals surface area contributed by atoms with Gasteiger partial charge in [0.05, 0.1) is 11.4 Å². The highest BCUT2D eigenvalue weighted by Gasteiger charge is 2.33. The summed E-state index contributed by atoms with van der Waals surface area (Å²) in [7, 11) is 1.96. The number of aliphatic carboxylic acids is 1. The lowest BCUT2D eigenvalue weighted by Crippen LogP contribution is -2.32. The second-order valence-electron chi connectivity index (χ2n) is 5.85. The third-order valence-electron chi connectivity index (χ3n) is 4.19. The third kappa shape index (κ3) is 4.65. The number of benzene rings is 1. The van der Waals surface area contributed by atoms with Crippen molar-refractivity contribution in [1.29, 1.82) is 0 Å². The van der Waals surface area contributed by atoms with E-state index in [1.807, 2.05) is 7.05 Å². The number of carboxylic acids is 1. The average molecular weight is 343 g/mol. The Bertz CT molecular complexity index is 597. The minimum Gasteiger partial charge on any atom is -0.481 e. The van der Waals surface area contributed by atoms with Crippen molar-refractivity contribution in [3.05, 3.63) is 34.6 Å². The number of nitrogens with one attached hydrogen (secondary N) is 1. The van der Waals surface area contributed by atoms with Gasteiger partial charge in [0.15, 0.2) is 0 Å². The molecule has 0 spiro atoms. The van der Waals surface area contributed by atoms with Crippen LogP contribution < -0.4 is 5.32 Å². The van der Waals surface area contributed by atoms with Crippen LogP contribution in [0.15, 0.2) is 18.2 Å². The first-order valence-electron chi connectivity index (χ1n) is 7.52. The summed E-state index contributed by atoms with van der Waals surface area (Å²) in [5, 5.41) is 11.5. The van der Waals surface area contributed by atoms with E-state index in [-0.39, 0.29) is 35.7 Å². The van der Waals surface area contributed by atoms with Crippen LogP contribution in [0.2, 0.25) is 5.02 Å².